The summed E-state index contributed by atoms with van der Waals surface area (Å²) in [5.74, 6) is -0.0250. The quantitative estimate of drug-likeness (QED) is 0.938. The molecular weight excluding hydrogens is 273 g/mol. The van der Waals surface area contributed by atoms with E-state index in [1.807, 2.05) is 6.92 Å². The van der Waals surface area contributed by atoms with Gasteiger partial charge in [-0.25, -0.2) is 4.39 Å². The molecule has 5 heteroatoms. The summed E-state index contributed by atoms with van der Waals surface area (Å²) in [5, 5.41) is 2.64. The molecule has 0 aliphatic heterocycles. The van der Waals surface area contributed by atoms with Gasteiger partial charge in [-0.1, -0.05) is 12.1 Å². The molecule has 0 saturated heterocycles. The molecule has 0 bridgehead atoms. The molecule has 0 atom stereocenters. The monoisotopic (exact) mass is 289 g/mol. The molecule has 0 aliphatic carbocycles. The number of carbonyl (C=O) groups excluding carboxylic acids is 1. The summed E-state index contributed by atoms with van der Waals surface area (Å²) in [6.07, 6.45) is 0. The van der Waals surface area contributed by atoms with Crippen molar-refractivity contribution in [3.63, 3.8) is 0 Å². The van der Waals surface area contributed by atoms with Crippen molar-refractivity contribution in [3.8, 4) is 11.5 Å². The van der Waals surface area contributed by atoms with Gasteiger partial charge in [0.2, 0.25) is 0 Å². The molecule has 0 heterocycles. The van der Waals surface area contributed by atoms with E-state index in [9.17, 15) is 9.18 Å². The fourth-order valence-electron chi connectivity index (χ4n) is 1.98. The maximum atomic E-state index is 13.6. The summed E-state index contributed by atoms with van der Waals surface area (Å²) in [5.41, 5.74) is 1.27. The summed E-state index contributed by atoms with van der Waals surface area (Å²) in [6, 6.07) is 9.18. The molecular formula is C16H16FNO3. The standard InChI is InChI=1S/C16H16FNO3/c1-10-8-15(21-3)13(9-14(10)20-2)18-16(19)11-6-4-5-7-12(11)17/h4-9H,1-3H3,(H,18,19). The van der Waals surface area contributed by atoms with Crippen molar-refractivity contribution in [2.75, 3.05) is 19.5 Å². The molecule has 2 aromatic rings. The van der Waals surface area contributed by atoms with Crippen molar-refractivity contribution in [3.05, 3.63) is 53.3 Å². The van der Waals surface area contributed by atoms with E-state index in [0.717, 1.165) is 5.56 Å². The summed E-state index contributed by atoms with van der Waals surface area (Å²) in [6.45, 7) is 1.86. The van der Waals surface area contributed by atoms with Crippen molar-refractivity contribution in [1.29, 1.82) is 0 Å². The summed E-state index contributed by atoms with van der Waals surface area (Å²) < 4.78 is 24.1. The van der Waals surface area contributed by atoms with Crippen LogP contribution < -0.4 is 14.8 Å². The molecule has 0 aliphatic rings. The van der Waals surface area contributed by atoms with Crippen LogP contribution in [0.4, 0.5) is 10.1 Å². The fourth-order valence-corrected chi connectivity index (χ4v) is 1.98. The minimum absolute atomic E-state index is 0.0286. The number of amides is 1. The second kappa shape index (κ2) is 6.26. The molecule has 1 N–H and O–H groups in total. The van der Waals surface area contributed by atoms with Gasteiger partial charge in [0.25, 0.3) is 5.91 Å². The lowest BCUT2D eigenvalue weighted by atomic mass is 10.1. The van der Waals surface area contributed by atoms with E-state index < -0.39 is 11.7 Å². The SMILES string of the molecule is COc1cc(NC(=O)c2ccccc2F)c(OC)cc1C. The number of nitrogens with one attached hydrogen (secondary N) is 1. The van der Waals surface area contributed by atoms with Gasteiger partial charge < -0.3 is 14.8 Å². The van der Waals surface area contributed by atoms with Gasteiger partial charge >= 0.3 is 0 Å². The van der Waals surface area contributed by atoms with Gasteiger partial charge in [-0.3, -0.25) is 4.79 Å². The van der Waals surface area contributed by atoms with Gasteiger partial charge in [-0.05, 0) is 30.7 Å². The van der Waals surface area contributed by atoms with Crippen LogP contribution in [0.5, 0.6) is 11.5 Å². The van der Waals surface area contributed by atoms with Crippen LogP contribution in [-0.2, 0) is 0 Å². The smallest absolute Gasteiger partial charge is 0.258 e. The first kappa shape index (κ1) is 14.8. The first-order chi connectivity index (χ1) is 10.1. The van der Waals surface area contributed by atoms with Gasteiger partial charge in [0.15, 0.2) is 0 Å². The first-order valence-corrected chi connectivity index (χ1v) is 6.35. The molecule has 0 fully saturated rings. The van der Waals surface area contributed by atoms with E-state index >= 15 is 0 Å². The van der Waals surface area contributed by atoms with Crippen molar-refractivity contribution in [2.45, 2.75) is 6.92 Å². The highest BCUT2D eigenvalue weighted by atomic mass is 19.1. The van der Waals surface area contributed by atoms with Crippen LogP contribution in [0.25, 0.3) is 0 Å². The number of hydrogen-bond donors (Lipinski definition) is 1. The van der Waals surface area contributed by atoms with Gasteiger partial charge in [-0.2, -0.15) is 0 Å². The Labute approximate surface area is 122 Å². The fraction of sp³-hybridized carbons (Fsp3) is 0.188. The van der Waals surface area contributed by atoms with Crippen LogP contribution in [0.2, 0.25) is 0 Å². The Hall–Kier alpha value is -2.56. The molecule has 21 heavy (non-hydrogen) atoms. The predicted octanol–water partition coefficient (Wildman–Crippen LogP) is 3.40. The van der Waals surface area contributed by atoms with Crippen LogP contribution in [0.3, 0.4) is 0 Å². The number of rotatable bonds is 4. The van der Waals surface area contributed by atoms with Crippen LogP contribution in [0.15, 0.2) is 36.4 Å². The minimum Gasteiger partial charge on any atom is -0.496 e. The Bertz CT molecular complexity index is 671. The lowest BCUT2D eigenvalue weighted by Crippen LogP contribution is -2.14. The summed E-state index contributed by atoms with van der Waals surface area (Å²) in [4.78, 5) is 12.1. The lowest BCUT2D eigenvalue weighted by Gasteiger charge is -2.14. The Morgan fingerprint density at radius 2 is 1.76 bits per heavy atom. The topological polar surface area (TPSA) is 47.6 Å². The molecule has 0 aromatic heterocycles. The molecule has 0 spiro atoms. The molecule has 0 unspecified atom stereocenters. The largest absolute Gasteiger partial charge is 0.496 e. The average molecular weight is 289 g/mol. The van der Waals surface area contributed by atoms with E-state index in [-0.39, 0.29) is 5.56 Å². The predicted molar refractivity (Wildman–Crippen MR) is 78.6 cm³/mol. The first-order valence-electron chi connectivity index (χ1n) is 6.35. The number of ether oxygens (including phenoxy) is 2. The third kappa shape index (κ3) is 3.13. The van der Waals surface area contributed by atoms with E-state index in [1.54, 1.807) is 18.2 Å². The number of benzene rings is 2. The van der Waals surface area contributed by atoms with Crippen LogP contribution in [0, 0.1) is 12.7 Å². The second-order valence-corrected chi connectivity index (χ2v) is 4.46. The van der Waals surface area contributed by atoms with E-state index in [2.05, 4.69) is 5.32 Å². The summed E-state index contributed by atoms with van der Waals surface area (Å²) >= 11 is 0. The van der Waals surface area contributed by atoms with Crippen LogP contribution in [-0.4, -0.2) is 20.1 Å². The number of hydrogen-bond acceptors (Lipinski definition) is 3. The Balaban J connectivity index is 2.35. The highest BCUT2D eigenvalue weighted by molar-refractivity contribution is 6.05. The van der Waals surface area contributed by atoms with E-state index in [1.165, 1.54) is 32.4 Å². The Kier molecular flexibility index (Phi) is 4.42. The maximum Gasteiger partial charge on any atom is 0.258 e. The zero-order chi connectivity index (χ0) is 15.4. The van der Waals surface area contributed by atoms with Crippen LogP contribution >= 0.6 is 0 Å². The Morgan fingerprint density at radius 1 is 1.10 bits per heavy atom. The molecule has 2 aromatic carbocycles. The molecule has 4 nitrogen and oxygen atoms in total. The van der Waals surface area contributed by atoms with Crippen molar-refractivity contribution < 1.29 is 18.7 Å². The highest BCUT2D eigenvalue weighted by Crippen LogP contribution is 2.32. The second-order valence-electron chi connectivity index (χ2n) is 4.46. The molecule has 2 rings (SSSR count). The van der Waals surface area contributed by atoms with Gasteiger partial charge in [0.1, 0.15) is 17.3 Å². The molecule has 0 saturated carbocycles. The highest BCUT2D eigenvalue weighted by Gasteiger charge is 2.15. The van der Waals surface area contributed by atoms with E-state index in [0.29, 0.717) is 17.2 Å². The van der Waals surface area contributed by atoms with Crippen molar-refractivity contribution >= 4 is 11.6 Å². The van der Waals surface area contributed by atoms with Crippen molar-refractivity contribution in [2.24, 2.45) is 0 Å². The maximum absolute atomic E-state index is 13.6. The van der Waals surface area contributed by atoms with Gasteiger partial charge in [0, 0.05) is 6.07 Å². The minimum atomic E-state index is -0.576. The summed E-state index contributed by atoms with van der Waals surface area (Å²) in [7, 11) is 3.04. The molecule has 1 amide bonds. The zero-order valence-corrected chi connectivity index (χ0v) is 12.1. The number of methoxy groups -OCH3 is 2. The third-order valence-electron chi connectivity index (χ3n) is 3.08. The Morgan fingerprint density at radius 3 is 2.38 bits per heavy atom. The van der Waals surface area contributed by atoms with Crippen molar-refractivity contribution in [1.82, 2.24) is 0 Å². The van der Waals surface area contributed by atoms with Crippen LogP contribution in [0.1, 0.15) is 15.9 Å². The number of anilines is 1. The number of aryl methyl sites for hydroxylation is 1. The molecule has 0 radical (unpaired) electrons. The number of halogens is 1. The van der Waals surface area contributed by atoms with Gasteiger partial charge in [0.05, 0.1) is 25.5 Å². The average Bonchev–Trinajstić information content (AvgIpc) is 2.48. The lowest BCUT2D eigenvalue weighted by molar-refractivity contribution is 0.102. The normalized spacial score (nSPS) is 10.1. The number of carbonyl (C=O) groups is 1. The molecule has 110 valence electrons. The third-order valence-corrected chi connectivity index (χ3v) is 3.08. The zero-order valence-electron chi connectivity index (χ0n) is 12.1. The van der Waals surface area contributed by atoms with E-state index in [4.69, 9.17) is 9.47 Å². The van der Waals surface area contributed by atoms with Gasteiger partial charge in [-0.15, -0.1) is 0 Å².